The summed E-state index contributed by atoms with van der Waals surface area (Å²) in [7, 11) is 0. The van der Waals surface area contributed by atoms with Crippen molar-refractivity contribution in [1.29, 1.82) is 15.8 Å². The van der Waals surface area contributed by atoms with Crippen molar-refractivity contribution in [2.24, 2.45) is 5.41 Å². The Morgan fingerprint density at radius 3 is 2.48 bits per heavy atom. The van der Waals surface area contributed by atoms with E-state index in [1.807, 2.05) is 24.3 Å². The van der Waals surface area contributed by atoms with Crippen molar-refractivity contribution in [2.75, 3.05) is 17.2 Å². The van der Waals surface area contributed by atoms with Crippen LogP contribution in [0.2, 0.25) is 5.02 Å². The van der Waals surface area contributed by atoms with Gasteiger partial charge < -0.3 is 10.6 Å². The van der Waals surface area contributed by atoms with Crippen LogP contribution in [0, 0.1) is 39.4 Å². The van der Waals surface area contributed by atoms with E-state index in [-0.39, 0.29) is 5.41 Å². The Kier molecular flexibility index (Phi) is 7.06. The van der Waals surface area contributed by atoms with E-state index < -0.39 is 11.6 Å². The molecule has 200 valence electrons. The van der Waals surface area contributed by atoms with Gasteiger partial charge in [0.1, 0.15) is 17.8 Å². The van der Waals surface area contributed by atoms with Crippen molar-refractivity contribution in [3.63, 3.8) is 0 Å². The molecule has 0 aliphatic heterocycles. The maximum Gasteiger partial charge on any atom is 0.150 e. The highest BCUT2D eigenvalue weighted by molar-refractivity contribution is 6.31. The predicted octanol–water partition coefficient (Wildman–Crippen LogP) is 6.29. The first-order valence-electron chi connectivity index (χ1n) is 13.0. The largest absolute Gasteiger partial charge is 0.383 e. The zero-order chi connectivity index (χ0) is 28.5. The van der Waals surface area contributed by atoms with Gasteiger partial charge in [0, 0.05) is 28.8 Å². The summed E-state index contributed by atoms with van der Waals surface area (Å²) >= 11 is 6.64. The highest BCUT2D eigenvalue weighted by Gasteiger charge is 2.41. The van der Waals surface area contributed by atoms with Crippen LogP contribution in [0.25, 0.3) is 10.9 Å². The number of benzene rings is 2. The standard InChI is InChI=1S/C30H28ClN9/c1-29(2,3)18-36-27-20(14-33)15-35-26-19(13-32)11-21(12-23(26)27)37-28(22-7-4-5-8-24(22)31)25-16-40(39-38-25)30(17-34)9-6-10-30/h4-5,7-8,11-12,15-16,28,37H,6,9-10,18H2,1-3H3,(H,35,36)/t28-/m0/s1. The van der Waals surface area contributed by atoms with Crippen molar-refractivity contribution >= 4 is 33.9 Å². The van der Waals surface area contributed by atoms with E-state index in [9.17, 15) is 15.8 Å². The van der Waals surface area contributed by atoms with Crippen LogP contribution >= 0.6 is 11.6 Å². The summed E-state index contributed by atoms with van der Waals surface area (Å²) in [4.78, 5) is 4.44. The fourth-order valence-electron chi connectivity index (χ4n) is 4.81. The summed E-state index contributed by atoms with van der Waals surface area (Å²) < 4.78 is 1.65. The first kappa shape index (κ1) is 26.9. The summed E-state index contributed by atoms with van der Waals surface area (Å²) in [6.45, 7) is 6.92. The lowest BCUT2D eigenvalue weighted by atomic mass is 9.78. The van der Waals surface area contributed by atoms with Gasteiger partial charge in [-0.25, -0.2) is 4.68 Å². The number of anilines is 2. The maximum atomic E-state index is 10.0. The van der Waals surface area contributed by atoms with Gasteiger partial charge in [0.15, 0.2) is 5.54 Å². The van der Waals surface area contributed by atoms with Crippen molar-refractivity contribution < 1.29 is 0 Å². The molecular weight excluding hydrogens is 522 g/mol. The third kappa shape index (κ3) is 5.02. The van der Waals surface area contributed by atoms with Crippen LogP contribution in [0.15, 0.2) is 48.8 Å². The summed E-state index contributed by atoms with van der Waals surface area (Å²) in [5.74, 6) is 0. The Hall–Kier alpha value is -4.65. The Balaban J connectivity index is 1.63. The molecule has 0 bridgehead atoms. The third-order valence-electron chi connectivity index (χ3n) is 7.17. The minimum Gasteiger partial charge on any atom is -0.383 e. The fourth-order valence-corrected chi connectivity index (χ4v) is 5.05. The second kappa shape index (κ2) is 10.5. The van der Waals surface area contributed by atoms with E-state index >= 15 is 0 Å². The van der Waals surface area contributed by atoms with Crippen LogP contribution in [-0.2, 0) is 5.54 Å². The number of fused-ring (bicyclic) bond motifs is 1. The molecule has 0 saturated heterocycles. The van der Waals surface area contributed by atoms with Crippen LogP contribution in [0.1, 0.15) is 68.5 Å². The predicted molar refractivity (Wildman–Crippen MR) is 153 cm³/mol. The van der Waals surface area contributed by atoms with Gasteiger partial charge in [0.25, 0.3) is 0 Å². The Morgan fingerprint density at radius 1 is 1.10 bits per heavy atom. The molecule has 2 heterocycles. The summed E-state index contributed by atoms with van der Waals surface area (Å²) in [5.41, 5.74) is 3.14. The lowest BCUT2D eigenvalue weighted by molar-refractivity contribution is 0.193. The molecule has 1 aliphatic rings. The zero-order valence-corrected chi connectivity index (χ0v) is 23.3. The van der Waals surface area contributed by atoms with Gasteiger partial charge in [-0.1, -0.05) is 55.8 Å². The number of hydrogen-bond donors (Lipinski definition) is 2. The van der Waals surface area contributed by atoms with Crippen LogP contribution in [-0.4, -0.2) is 26.5 Å². The Bertz CT molecular complexity index is 1710. The topological polar surface area (TPSA) is 139 Å². The van der Waals surface area contributed by atoms with E-state index in [4.69, 9.17) is 11.6 Å². The molecule has 9 nitrogen and oxygen atoms in total. The monoisotopic (exact) mass is 549 g/mol. The zero-order valence-electron chi connectivity index (χ0n) is 22.5. The lowest BCUT2D eigenvalue weighted by Crippen LogP contribution is -2.39. The molecule has 5 rings (SSSR count). The van der Waals surface area contributed by atoms with Gasteiger partial charge in [0.05, 0.1) is 40.6 Å². The average molecular weight is 550 g/mol. The third-order valence-corrected chi connectivity index (χ3v) is 7.51. The highest BCUT2D eigenvalue weighted by Crippen LogP contribution is 2.39. The number of hydrogen-bond acceptors (Lipinski definition) is 8. The number of nitrogens with zero attached hydrogens (tertiary/aromatic N) is 7. The quantitative estimate of drug-likeness (QED) is 0.274. The van der Waals surface area contributed by atoms with E-state index in [0.717, 1.165) is 24.8 Å². The maximum absolute atomic E-state index is 10.0. The van der Waals surface area contributed by atoms with Gasteiger partial charge in [-0.05, 0) is 48.4 Å². The fraction of sp³-hybridized carbons (Fsp3) is 0.333. The van der Waals surface area contributed by atoms with E-state index in [0.29, 0.717) is 50.7 Å². The summed E-state index contributed by atoms with van der Waals surface area (Å²) in [6.07, 6.45) is 5.71. The van der Waals surface area contributed by atoms with Crippen molar-refractivity contribution in [3.05, 3.63) is 76.2 Å². The van der Waals surface area contributed by atoms with Crippen LogP contribution in [0.5, 0.6) is 0 Å². The van der Waals surface area contributed by atoms with Gasteiger partial charge >= 0.3 is 0 Å². The molecule has 2 aromatic heterocycles. The Labute approximate surface area is 238 Å². The molecule has 4 aromatic rings. The second-order valence-electron chi connectivity index (χ2n) is 11.3. The van der Waals surface area contributed by atoms with Gasteiger partial charge in [-0.15, -0.1) is 5.10 Å². The van der Waals surface area contributed by atoms with E-state index in [1.54, 1.807) is 23.0 Å². The molecule has 0 spiro atoms. The summed E-state index contributed by atoms with van der Waals surface area (Å²) in [6, 6.07) is 17.4. The van der Waals surface area contributed by atoms with Crippen molar-refractivity contribution in [1.82, 2.24) is 20.0 Å². The van der Waals surface area contributed by atoms with Gasteiger partial charge in [0.2, 0.25) is 0 Å². The number of halogens is 1. The molecular formula is C30H28ClN9. The molecule has 2 aromatic carbocycles. The van der Waals surface area contributed by atoms with Crippen LogP contribution in [0.4, 0.5) is 11.4 Å². The molecule has 10 heteroatoms. The highest BCUT2D eigenvalue weighted by atomic mass is 35.5. The molecule has 1 saturated carbocycles. The number of pyridine rings is 1. The molecule has 2 N–H and O–H groups in total. The molecule has 1 aliphatic carbocycles. The minimum absolute atomic E-state index is 0.0432. The lowest BCUT2D eigenvalue weighted by Gasteiger charge is -2.34. The number of aromatic nitrogens is 4. The number of nitriles is 3. The normalized spacial score (nSPS) is 14.8. The summed E-state index contributed by atoms with van der Waals surface area (Å²) in [5, 5.41) is 46.5. The smallest absolute Gasteiger partial charge is 0.150 e. The molecule has 1 atom stereocenters. The average Bonchev–Trinajstić information content (AvgIpc) is 3.39. The Morgan fingerprint density at radius 2 is 1.85 bits per heavy atom. The van der Waals surface area contributed by atoms with Crippen molar-refractivity contribution in [3.8, 4) is 18.2 Å². The van der Waals surface area contributed by atoms with Crippen LogP contribution < -0.4 is 10.6 Å². The molecule has 40 heavy (non-hydrogen) atoms. The molecule has 0 radical (unpaired) electrons. The number of nitrogens with one attached hydrogen (secondary N) is 2. The molecule has 0 amide bonds. The van der Waals surface area contributed by atoms with Gasteiger partial charge in [-0.3, -0.25) is 4.98 Å². The minimum atomic E-state index is -0.680. The van der Waals surface area contributed by atoms with E-state index in [1.165, 1.54) is 6.20 Å². The number of rotatable bonds is 7. The molecule has 1 fully saturated rings. The van der Waals surface area contributed by atoms with Crippen molar-refractivity contribution in [2.45, 2.75) is 51.6 Å². The van der Waals surface area contributed by atoms with E-state index in [2.05, 4.69) is 64.9 Å². The van der Waals surface area contributed by atoms with Crippen LogP contribution in [0.3, 0.4) is 0 Å². The SMILES string of the molecule is CC(C)(C)CNc1c(C#N)cnc2c(C#N)cc(N[C@H](c3cn(C4(C#N)CCC4)nn3)c3ccccc3Cl)cc12. The molecule has 0 unspecified atom stereocenters. The first-order valence-corrected chi connectivity index (χ1v) is 13.4. The second-order valence-corrected chi connectivity index (χ2v) is 11.7. The van der Waals surface area contributed by atoms with Gasteiger partial charge in [-0.2, -0.15) is 15.8 Å². The first-order chi connectivity index (χ1) is 19.2.